The van der Waals surface area contributed by atoms with Crippen LogP contribution in [0.3, 0.4) is 0 Å². The molecule has 0 bridgehead atoms. The summed E-state index contributed by atoms with van der Waals surface area (Å²) >= 11 is 5.91. The van der Waals surface area contributed by atoms with E-state index in [2.05, 4.69) is 21.9 Å². The number of aromatic nitrogens is 2. The monoisotopic (exact) mass is 468 g/mol. The van der Waals surface area contributed by atoms with Crippen molar-refractivity contribution in [3.63, 3.8) is 0 Å². The molecule has 0 unspecified atom stereocenters. The minimum absolute atomic E-state index is 0.0353. The second kappa shape index (κ2) is 9.02. The Hall–Kier alpha value is -3.36. The molecule has 2 N–H and O–H groups in total. The highest BCUT2D eigenvalue weighted by molar-refractivity contribution is 7.92. The van der Waals surface area contributed by atoms with Crippen molar-refractivity contribution in [1.29, 1.82) is 0 Å². The number of rotatable bonds is 7. The average molecular weight is 469 g/mol. The molecule has 164 valence electrons. The predicted molar refractivity (Wildman–Crippen MR) is 127 cm³/mol. The number of hydrogen-bond donors (Lipinski definition) is 2. The second-order valence-electron chi connectivity index (χ2n) is 7.17. The Kier molecular flexibility index (Phi) is 6.16. The van der Waals surface area contributed by atoms with Gasteiger partial charge in [0.15, 0.2) is 0 Å². The number of amides is 1. The van der Waals surface area contributed by atoms with Crippen LogP contribution >= 0.6 is 11.6 Å². The van der Waals surface area contributed by atoms with E-state index < -0.39 is 10.0 Å². The molecule has 4 rings (SSSR count). The van der Waals surface area contributed by atoms with Gasteiger partial charge in [0.2, 0.25) is 5.95 Å². The molecule has 0 aliphatic carbocycles. The fraction of sp³-hybridized carbons (Fsp3) is 0.130. The van der Waals surface area contributed by atoms with Gasteiger partial charge in [0.1, 0.15) is 0 Å². The number of fused-ring (bicyclic) bond motifs is 1. The number of aryl methyl sites for hydroxylation is 1. The number of nitrogens with one attached hydrogen (secondary N) is 2. The maximum atomic E-state index is 12.9. The predicted octanol–water partition coefficient (Wildman–Crippen LogP) is 5.15. The van der Waals surface area contributed by atoms with Gasteiger partial charge in [0, 0.05) is 22.8 Å². The average Bonchev–Trinajstić information content (AvgIpc) is 3.11. The Morgan fingerprint density at radius 3 is 2.59 bits per heavy atom. The molecule has 0 saturated heterocycles. The lowest BCUT2D eigenvalue weighted by Gasteiger charge is -2.11. The summed E-state index contributed by atoms with van der Waals surface area (Å²) in [6, 6.07) is 19.9. The Bertz CT molecular complexity index is 1400. The number of sulfonamides is 1. The Morgan fingerprint density at radius 1 is 1.03 bits per heavy atom. The molecule has 1 aromatic heterocycles. The van der Waals surface area contributed by atoms with Gasteiger partial charge in [-0.2, -0.15) is 0 Å². The molecule has 7 nitrogen and oxygen atoms in total. The third-order valence-electron chi connectivity index (χ3n) is 4.81. The molecule has 3 aromatic carbocycles. The van der Waals surface area contributed by atoms with Crippen LogP contribution in [0.2, 0.25) is 5.02 Å². The van der Waals surface area contributed by atoms with Gasteiger partial charge < -0.3 is 4.57 Å². The van der Waals surface area contributed by atoms with Crippen molar-refractivity contribution in [2.75, 3.05) is 10.0 Å². The number of imidazole rings is 1. The number of carbonyl (C=O) groups excluding carboxylic acids is 1. The summed E-state index contributed by atoms with van der Waals surface area (Å²) in [5.74, 6) is 0.0597. The van der Waals surface area contributed by atoms with Crippen molar-refractivity contribution >= 4 is 50.2 Å². The number of hydrogen-bond acceptors (Lipinski definition) is 4. The standard InChI is InChI=1S/C23H21ClN4O3S/c1-2-13-28-21-12-4-3-11-20(21)25-23(28)26-22(29)16-7-5-9-18(14-16)27-32(30,31)19-10-6-8-17(24)15-19/h3-12,14-15,27H,2,13H2,1H3,(H,25,26,29). The van der Waals surface area contributed by atoms with E-state index in [1.54, 1.807) is 30.3 Å². The molecule has 0 fully saturated rings. The van der Waals surface area contributed by atoms with Crippen molar-refractivity contribution in [3.8, 4) is 0 Å². The van der Waals surface area contributed by atoms with Crippen LogP contribution in [0.25, 0.3) is 11.0 Å². The molecule has 1 amide bonds. The lowest BCUT2D eigenvalue weighted by atomic mass is 10.2. The highest BCUT2D eigenvalue weighted by Gasteiger charge is 2.17. The van der Waals surface area contributed by atoms with Crippen LogP contribution in [0.1, 0.15) is 23.7 Å². The van der Waals surface area contributed by atoms with Crippen molar-refractivity contribution < 1.29 is 13.2 Å². The summed E-state index contributed by atoms with van der Waals surface area (Å²) < 4.78 is 29.8. The molecule has 4 aromatic rings. The molecule has 0 aliphatic rings. The van der Waals surface area contributed by atoms with E-state index in [0.29, 0.717) is 23.1 Å². The molecule has 0 radical (unpaired) electrons. The van der Waals surface area contributed by atoms with Gasteiger partial charge in [-0.05, 0) is 55.0 Å². The first-order valence-electron chi connectivity index (χ1n) is 10.0. The van der Waals surface area contributed by atoms with Crippen molar-refractivity contribution in [2.24, 2.45) is 0 Å². The minimum Gasteiger partial charge on any atom is -0.310 e. The molecule has 32 heavy (non-hydrogen) atoms. The van der Waals surface area contributed by atoms with E-state index in [9.17, 15) is 13.2 Å². The molecule has 0 spiro atoms. The van der Waals surface area contributed by atoms with Gasteiger partial charge in [-0.25, -0.2) is 13.4 Å². The van der Waals surface area contributed by atoms with E-state index in [-0.39, 0.29) is 16.5 Å². The lowest BCUT2D eigenvalue weighted by molar-refractivity contribution is 0.102. The van der Waals surface area contributed by atoms with Gasteiger partial charge in [-0.15, -0.1) is 0 Å². The summed E-state index contributed by atoms with van der Waals surface area (Å²) in [5.41, 5.74) is 2.29. The zero-order valence-corrected chi connectivity index (χ0v) is 18.8. The quantitative estimate of drug-likeness (QED) is 0.392. The van der Waals surface area contributed by atoms with Crippen LogP contribution in [-0.2, 0) is 16.6 Å². The number of nitrogens with zero attached hydrogens (tertiary/aromatic N) is 2. The maximum absolute atomic E-state index is 12.9. The molecule has 0 aliphatic heterocycles. The van der Waals surface area contributed by atoms with Crippen molar-refractivity contribution in [3.05, 3.63) is 83.4 Å². The smallest absolute Gasteiger partial charge is 0.261 e. The Labute approximate surface area is 191 Å². The van der Waals surface area contributed by atoms with Gasteiger partial charge in [0.05, 0.1) is 15.9 Å². The Balaban J connectivity index is 1.58. The van der Waals surface area contributed by atoms with Crippen LogP contribution in [0.15, 0.2) is 77.7 Å². The first-order valence-corrected chi connectivity index (χ1v) is 11.9. The summed E-state index contributed by atoms with van der Waals surface area (Å²) in [6.45, 7) is 2.76. The molecule has 9 heteroatoms. The second-order valence-corrected chi connectivity index (χ2v) is 9.29. The van der Waals surface area contributed by atoms with Gasteiger partial charge in [-0.1, -0.05) is 42.8 Å². The SMILES string of the molecule is CCCn1c(NC(=O)c2cccc(NS(=O)(=O)c3cccc(Cl)c3)c2)nc2ccccc21. The molecular weight excluding hydrogens is 448 g/mol. The summed E-state index contributed by atoms with van der Waals surface area (Å²) in [4.78, 5) is 17.5. The maximum Gasteiger partial charge on any atom is 0.261 e. The van der Waals surface area contributed by atoms with Crippen molar-refractivity contribution in [1.82, 2.24) is 9.55 Å². The van der Waals surface area contributed by atoms with Gasteiger partial charge in [0.25, 0.3) is 15.9 Å². The zero-order chi connectivity index (χ0) is 22.7. The fourth-order valence-electron chi connectivity index (χ4n) is 3.37. The number of anilines is 2. The van der Waals surface area contributed by atoms with E-state index in [1.807, 2.05) is 28.8 Å². The van der Waals surface area contributed by atoms with E-state index >= 15 is 0 Å². The van der Waals surface area contributed by atoms with Crippen LogP contribution in [0, 0.1) is 0 Å². The van der Waals surface area contributed by atoms with Crippen LogP contribution < -0.4 is 10.0 Å². The molecule has 1 heterocycles. The van der Waals surface area contributed by atoms with E-state index in [1.165, 1.54) is 18.2 Å². The first-order chi connectivity index (χ1) is 15.4. The third-order valence-corrected chi connectivity index (χ3v) is 6.42. The van der Waals surface area contributed by atoms with Crippen LogP contribution in [0.4, 0.5) is 11.6 Å². The summed E-state index contributed by atoms with van der Waals surface area (Å²) in [6.07, 6.45) is 0.879. The fourth-order valence-corrected chi connectivity index (χ4v) is 4.72. The van der Waals surface area contributed by atoms with Gasteiger partial charge in [-0.3, -0.25) is 14.8 Å². The number of benzene rings is 3. The largest absolute Gasteiger partial charge is 0.310 e. The molecule has 0 saturated carbocycles. The number of halogens is 1. The highest BCUT2D eigenvalue weighted by atomic mass is 35.5. The van der Waals surface area contributed by atoms with Gasteiger partial charge >= 0.3 is 0 Å². The Morgan fingerprint density at radius 2 is 1.81 bits per heavy atom. The lowest BCUT2D eigenvalue weighted by Crippen LogP contribution is -2.17. The third kappa shape index (κ3) is 4.61. The summed E-state index contributed by atoms with van der Waals surface area (Å²) in [7, 11) is -3.85. The summed E-state index contributed by atoms with van der Waals surface area (Å²) in [5, 5.41) is 3.16. The molecule has 0 atom stereocenters. The van der Waals surface area contributed by atoms with Crippen LogP contribution in [-0.4, -0.2) is 23.9 Å². The highest BCUT2D eigenvalue weighted by Crippen LogP contribution is 2.22. The number of carbonyl (C=O) groups is 1. The van der Waals surface area contributed by atoms with E-state index in [0.717, 1.165) is 17.5 Å². The van der Waals surface area contributed by atoms with Crippen LogP contribution in [0.5, 0.6) is 0 Å². The zero-order valence-electron chi connectivity index (χ0n) is 17.2. The van der Waals surface area contributed by atoms with Crippen molar-refractivity contribution in [2.45, 2.75) is 24.8 Å². The normalized spacial score (nSPS) is 11.4. The topological polar surface area (TPSA) is 93.1 Å². The van der Waals surface area contributed by atoms with E-state index in [4.69, 9.17) is 11.6 Å². The first kappa shape index (κ1) is 21.9. The minimum atomic E-state index is -3.85. The molecular formula is C23H21ClN4O3S. The number of para-hydroxylation sites is 2.